The number of carbonyl (C=O) groups excluding carboxylic acids is 1. The van der Waals surface area contributed by atoms with Crippen LogP contribution >= 0.6 is 11.6 Å². The third kappa shape index (κ3) is 6.75. The molecular weight excluding hydrogens is 347 g/mol. The van der Waals surface area contributed by atoms with Gasteiger partial charge in [0.2, 0.25) is 0 Å². The second-order valence-electron chi connectivity index (χ2n) is 7.00. The molecule has 0 aliphatic rings. The molecule has 0 saturated carbocycles. The number of aromatic nitrogens is 1. The molecule has 1 heterocycles. The van der Waals surface area contributed by atoms with Gasteiger partial charge in [0.15, 0.2) is 11.6 Å². The minimum atomic E-state index is -0.884. The van der Waals surface area contributed by atoms with Crippen LogP contribution in [0.2, 0.25) is 5.15 Å². The number of hydrogen-bond acceptors (Lipinski definition) is 5. The standard InChI is InChI=1S/C17H24ClFN4O2/c1-5-12(13(25-16(21)24)6-7-17(2,3)4)22-15-11(19)8-10(9-20)14(18)23-15/h8,12-13H,5-7H2,1-4H3,(H2,21,24)(H,22,23)/t12-,13+/m1/s1. The van der Waals surface area contributed by atoms with Crippen LogP contribution in [0.15, 0.2) is 6.07 Å². The Hall–Kier alpha value is -2.07. The summed E-state index contributed by atoms with van der Waals surface area (Å²) in [6, 6.07) is 2.38. The highest BCUT2D eigenvalue weighted by atomic mass is 35.5. The molecule has 1 amide bonds. The smallest absolute Gasteiger partial charge is 0.404 e. The third-order valence-electron chi connectivity index (χ3n) is 3.71. The van der Waals surface area contributed by atoms with E-state index in [-0.39, 0.29) is 21.9 Å². The van der Waals surface area contributed by atoms with Crippen molar-refractivity contribution in [1.82, 2.24) is 4.98 Å². The zero-order chi connectivity index (χ0) is 19.2. The van der Waals surface area contributed by atoms with E-state index in [1.807, 2.05) is 6.92 Å². The Morgan fingerprint density at radius 3 is 2.68 bits per heavy atom. The maximum absolute atomic E-state index is 14.1. The van der Waals surface area contributed by atoms with E-state index in [1.165, 1.54) is 0 Å². The van der Waals surface area contributed by atoms with Crippen molar-refractivity contribution in [2.75, 3.05) is 5.32 Å². The lowest BCUT2D eigenvalue weighted by molar-refractivity contribution is 0.0799. The molecule has 0 saturated heterocycles. The van der Waals surface area contributed by atoms with Crippen LogP contribution in [0.3, 0.4) is 0 Å². The van der Waals surface area contributed by atoms with Gasteiger partial charge in [0.05, 0.1) is 11.6 Å². The summed E-state index contributed by atoms with van der Waals surface area (Å²) in [7, 11) is 0. The fraction of sp³-hybridized carbons (Fsp3) is 0.588. The van der Waals surface area contributed by atoms with E-state index in [2.05, 4.69) is 31.1 Å². The van der Waals surface area contributed by atoms with Crippen LogP contribution in [0, 0.1) is 22.6 Å². The number of primary amides is 1. The summed E-state index contributed by atoms with van der Waals surface area (Å²) in [5.41, 5.74) is 5.17. The Balaban J connectivity index is 3.01. The molecule has 3 N–H and O–H groups in total. The van der Waals surface area contributed by atoms with Crippen LogP contribution in [0.4, 0.5) is 15.0 Å². The first-order valence-electron chi connectivity index (χ1n) is 8.06. The zero-order valence-electron chi connectivity index (χ0n) is 14.9. The van der Waals surface area contributed by atoms with Crippen LogP contribution in [-0.2, 0) is 4.74 Å². The Morgan fingerprint density at radius 1 is 1.56 bits per heavy atom. The first kappa shape index (κ1) is 21.0. The number of amides is 1. The van der Waals surface area contributed by atoms with Gasteiger partial charge in [0, 0.05) is 0 Å². The number of nitrogens with one attached hydrogen (secondary N) is 1. The fourth-order valence-electron chi connectivity index (χ4n) is 2.35. The molecule has 1 aromatic heterocycles. The quantitative estimate of drug-likeness (QED) is 0.699. The lowest BCUT2D eigenvalue weighted by Gasteiger charge is -2.29. The lowest BCUT2D eigenvalue weighted by atomic mass is 9.87. The second kappa shape index (κ2) is 8.86. The molecule has 0 fully saturated rings. The number of halogens is 2. The fourth-order valence-corrected chi connectivity index (χ4v) is 2.53. The summed E-state index contributed by atoms with van der Waals surface area (Å²) in [4.78, 5) is 15.1. The third-order valence-corrected chi connectivity index (χ3v) is 4.00. The number of carbonyl (C=O) groups is 1. The molecule has 25 heavy (non-hydrogen) atoms. The van der Waals surface area contributed by atoms with Crippen molar-refractivity contribution in [3.8, 4) is 6.07 Å². The van der Waals surface area contributed by atoms with Crippen molar-refractivity contribution in [2.45, 2.75) is 59.1 Å². The Kier molecular flexibility index (Phi) is 7.43. The Labute approximate surface area is 152 Å². The number of rotatable bonds is 7. The second-order valence-corrected chi connectivity index (χ2v) is 7.36. The van der Waals surface area contributed by atoms with Crippen LogP contribution in [0.1, 0.15) is 52.5 Å². The normalized spacial score (nSPS) is 13.6. The van der Waals surface area contributed by atoms with E-state index < -0.39 is 24.1 Å². The molecular formula is C17H24ClFN4O2. The topological polar surface area (TPSA) is 101 Å². The van der Waals surface area contributed by atoms with Crippen LogP contribution in [-0.4, -0.2) is 23.2 Å². The number of hydrogen-bond donors (Lipinski definition) is 2. The van der Waals surface area contributed by atoms with Gasteiger partial charge in [-0.05, 0) is 30.7 Å². The van der Waals surface area contributed by atoms with Gasteiger partial charge in [0.25, 0.3) is 0 Å². The molecule has 0 unspecified atom stereocenters. The molecule has 1 aromatic rings. The van der Waals surface area contributed by atoms with E-state index in [9.17, 15) is 9.18 Å². The maximum atomic E-state index is 14.1. The molecule has 138 valence electrons. The highest BCUT2D eigenvalue weighted by molar-refractivity contribution is 6.30. The first-order valence-corrected chi connectivity index (χ1v) is 8.44. The Morgan fingerprint density at radius 2 is 2.20 bits per heavy atom. The van der Waals surface area contributed by atoms with E-state index in [0.29, 0.717) is 12.8 Å². The summed E-state index contributed by atoms with van der Waals surface area (Å²) in [5.74, 6) is -0.794. The first-order chi connectivity index (χ1) is 11.6. The predicted octanol–water partition coefficient (Wildman–Crippen LogP) is 4.23. The van der Waals surface area contributed by atoms with E-state index >= 15 is 0 Å². The minimum absolute atomic E-state index is 0.0405. The van der Waals surface area contributed by atoms with Gasteiger partial charge in [-0.1, -0.05) is 39.3 Å². The van der Waals surface area contributed by atoms with Crippen LogP contribution in [0.25, 0.3) is 0 Å². The van der Waals surface area contributed by atoms with E-state index in [0.717, 1.165) is 12.5 Å². The lowest BCUT2D eigenvalue weighted by Crippen LogP contribution is -2.39. The summed E-state index contributed by atoms with van der Waals surface area (Å²) in [5, 5.41) is 11.7. The highest BCUT2D eigenvalue weighted by Crippen LogP contribution is 2.26. The molecule has 8 heteroatoms. The largest absolute Gasteiger partial charge is 0.444 e. The van der Waals surface area contributed by atoms with Gasteiger partial charge in [-0.25, -0.2) is 14.2 Å². The van der Waals surface area contributed by atoms with Crippen molar-refractivity contribution in [3.63, 3.8) is 0 Å². The number of pyridine rings is 1. The monoisotopic (exact) mass is 370 g/mol. The van der Waals surface area contributed by atoms with Gasteiger partial charge in [0.1, 0.15) is 17.3 Å². The van der Waals surface area contributed by atoms with Crippen LogP contribution in [0.5, 0.6) is 0 Å². The van der Waals surface area contributed by atoms with Crippen molar-refractivity contribution in [1.29, 1.82) is 5.26 Å². The van der Waals surface area contributed by atoms with Gasteiger partial charge in [-0.2, -0.15) is 5.26 Å². The number of nitrogens with zero attached hydrogens (tertiary/aromatic N) is 2. The molecule has 0 aliphatic carbocycles. The summed E-state index contributed by atoms with van der Waals surface area (Å²) >= 11 is 5.87. The average Bonchev–Trinajstić information content (AvgIpc) is 2.50. The molecule has 1 rings (SSSR count). The van der Waals surface area contributed by atoms with Crippen LogP contribution < -0.4 is 11.1 Å². The number of anilines is 1. The maximum Gasteiger partial charge on any atom is 0.404 e. The van der Waals surface area contributed by atoms with Gasteiger partial charge >= 0.3 is 6.09 Å². The van der Waals surface area contributed by atoms with E-state index in [4.69, 9.17) is 27.3 Å². The summed E-state index contributed by atoms with van der Waals surface area (Å²) in [6.07, 6.45) is 0.459. The van der Waals surface area contributed by atoms with Gasteiger partial charge < -0.3 is 15.8 Å². The predicted molar refractivity (Wildman–Crippen MR) is 94.8 cm³/mol. The Bertz CT molecular complexity index is 655. The average molecular weight is 371 g/mol. The molecule has 0 spiro atoms. The molecule has 0 aliphatic heterocycles. The van der Waals surface area contributed by atoms with Crippen molar-refractivity contribution in [2.24, 2.45) is 11.1 Å². The van der Waals surface area contributed by atoms with Crippen molar-refractivity contribution >= 4 is 23.5 Å². The van der Waals surface area contributed by atoms with Gasteiger partial charge in [-0.3, -0.25) is 0 Å². The number of ether oxygens (including phenoxy) is 1. The van der Waals surface area contributed by atoms with Crippen molar-refractivity contribution < 1.29 is 13.9 Å². The summed E-state index contributed by atoms with van der Waals surface area (Å²) in [6.45, 7) is 8.09. The molecule has 6 nitrogen and oxygen atoms in total. The number of nitrogens with two attached hydrogens (primary N) is 1. The highest BCUT2D eigenvalue weighted by Gasteiger charge is 2.27. The molecule has 2 atom stereocenters. The SMILES string of the molecule is CC[C@@H](Nc1nc(Cl)c(C#N)cc1F)[C@H](CCC(C)(C)C)OC(N)=O. The molecule has 0 aromatic carbocycles. The minimum Gasteiger partial charge on any atom is -0.444 e. The number of nitriles is 1. The zero-order valence-corrected chi connectivity index (χ0v) is 15.7. The van der Waals surface area contributed by atoms with Gasteiger partial charge in [-0.15, -0.1) is 0 Å². The van der Waals surface area contributed by atoms with E-state index in [1.54, 1.807) is 6.07 Å². The van der Waals surface area contributed by atoms with Crippen molar-refractivity contribution in [3.05, 3.63) is 22.6 Å². The summed E-state index contributed by atoms with van der Waals surface area (Å²) < 4.78 is 19.4. The molecule has 0 bridgehead atoms. The molecule has 0 radical (unpaired) electrons.